The molecular weight excluding hydrogens is 777 g/mol. The predicted octanol–water partition coefficient (Wildman–Crippen LogP) is -0.911. The fraction of sp³-hybridized carbons (Fsp3) is 0.697. The van der Waals surface area contributed by atoms with Gasteiger partial charge in [0.05, 0.1) is 49.8 Å². The first kappa shape index (κ1) is 42.3. The Bertz CT molecular complexity index is 1980. The van der Waals surface area contributed by atoms with Crippen molar-refractivity contribution in [2.45, 2.75) is 87.9 Å². The summed E-state index contributed by atoms with van der Waals surface area (Å²) in [5, 5.41) is 55.0. The summed E-state index contributed by atoms with van der Waals surface area (Å²) in [5.41, 5.74) is 2.06. The summed E-state index contributed by atoms with van der Waals surface area (Å²) in [6.07, 6.45) is -0.196. The summed E-state index contributed by atoms with van der Waals surface area (Å²) in [6, 6.07) is 0.325. The third-order valence-electron chi connectivity index (χ3n) is 9.83. The van der Waals surface area contributed by atoms with Crippen molar-refractivity contribution in [3.63, 3.8) is 0 Å². The van der Waals surface area contributed by atoms with Crippen LogP contribution >= 0.6 is 11.8 Å². The van der Waals surface area contributed by atoms with Gasteiger partial charge in [-0.25, -0.2) is 38.3 Å². The molecule has 310 valence electrons. The molecule has 8 rings (SSSR count). The summed E-state index contributed by atoms with van der Waals surface area (Å²) in [7, 11) is -2.38. The fourth-order valence-electron chi connectivity index (χ4n) is 6.77. The lowest BCUT2D eigenvalue weighted by molar-refractivity contribution is -0.0292. The maximum absolute atomic E-state index is 11.9. The van der Waals surface area contributed by atoms with E-state index < -0.39 is 58.9 Å². The largest absolute Gasteiger partial charge is 0.400 e. The first-order valence-electron chi connectivity index (χ1n) is 18.4. The molecule has 23 heteroatoms. The zero-order valence-corrected chi connectivity index (χ0v) is 32.9. The number of hydrogen-bond donors (Lipinski definition) is 7. The Morgan fingerprint density at radius 1 is 0.732 bits per heavy atom. The van der Waals surface area contributed by atoms with Gasteiger partial charge >= 0.3 is 0 Å². The molecule has 0 aromatic carbocycles. The summed E-state index contributed by atoms with van der Waals surface area (Å²) in [6.45, 7) is 6.20. The number of aliphatic hydroxyl groups is 5. The van der Waals surface area contributed by atoms with Crippen LogP contribution in [0.25, 0.3) is 22.3 Å². The van der Waals surface area contributed by atoms with Crippen molar-refractivity contribution in [1.29, 1.82) is 0 Å². The monoisotopic (exact) mass is 826 g/mol. The Morgan fingerprint density at radius 3 is 1.66 bits per heavy atom. The minimum atomic E-state index is -3.38. The van der Waals surface area contributed by atoms with Crippen LogP contribution in [0.4, 0.5) is 11.6 Å². The third kappa shape index (κ3) is 9.17. The molecule has 0 aliphatic carbocycles. The van der Waals surface area contributed by atoms with Crippen LogP contribution in [0.1, 0.15) is 39.1 Å². The van der Waals surface area contributed by atoms with E-state index in [1.54, 1.807) is 22.7 Å². The zero-order chi connectivity index (χ0) is 40.0. The van der Waals surface area contributed by atoms with Crippen molar-refractivity contribution in [1.82, 2.24) is 39.0 Å². The number of ether oxygens (including phenoxy) is 4. The van der Waals surface area contributed by atoms with Crippen LogP contribution in [-0.4, -0.2) is 178 Å². The highest BCUT2D eigenvalue weighted by Gasteiger charge is 2.46. The summed E-state index contributed by atoms with van der Waals surface area (Å²) in [5.74, 6) is 2.29. The second-order valence-corrected chi connectivity index (χ2v) is 17.2. The van der Waals surface area contributed by atoms with E-state index in [1.807, 2.05) is 6.92 Å². The maximum Gasteiger partial charge on any atom is 0.167 e. The summed E-state index contributed by atoms with van der Waals surface area (Å²) in [4.78, 5) is 25.8. The smallest absolute Gasteiger partial charge is 0.167 e. The number of nitrogens with zero attached hydrogens (tertiary/aromatic N) is 8. The molecule has 4 aromatic heterocycles. The van der Waals surface area contributed by atoms with Crippen LogP contribution in [0.5, 0.6) is 0 Å². The van der Waals surface area contributed by atoms with Gasteiger partial charge in [0.15, 0.2) is 56.3 Å². The molecule has 4 saturated heterocycles. The molecule has 2 unspecified atom stereocenters. The zero-order valence-electron chi connectivity index (χ0n) is 31.2. The number of imidazole rings is 2. The number of hydrogen-bond acceptors (Lipinski definition) is 20. The first-order valence-corrected chi connectivity index (χ1v) is 21.4. The molecule has 7 N–H and O–H groups in total. The van der Waals surface area contributed by atoms with E-state index in [2.05, 4.69) is 40.5 Å². The molecule has 21 nitrogen and oxygen atoms in total. The average Bonchev–Trinajstić information content (AvgIpc) is 4.08. The molecule has 4 aliphatic rings. The molecule has 0 bridgehead atoms. The van der Waals surface area contributed by atoms with Gasteiger partial charge in [-0.05, 0) is 18.6 Å². The number of thioether (sulfide) groups is 1. The van der Waals surface area contributed by atoms with Gasteiger partial charge < -0.3 is 55.1 Å². The van der Waals surface area contributed by atoms with Gasteiger partial charge in [0.1, 0.15) is 43.2 Å². The van der Waals surface area contributed by atoms with Crippen LogP contribution in [-0.2, 0) is 28.8 Å². The SMILES string of the molecule is CCS(=O)(=O)C[C@H]1OC(n2cnc3c(N[C@@H]4CCOC4)ncnc32)[C@H](O)[C@@H]1O.CCSC[C@H]1OC(n2cnc3c(N[C@@H]4CCOC4)ncnc32)[C@H](O)[C@@H]1O.CO. The number of nitrogens with one attached hydrogen (secondary N) is 2. The average molecular weight is 827 g/mol. The number of anilines is 2. The van der Waals surface area contributed by atoms with E-state index in [0.29, 0.717) is 59.5 Å². The van der Waals surface area contributed by atoms with Crippen molar-refractivity contribution in [3.8, 4) is 0 Å². The second-order valence-electron chi connectivity index (χ2n) is 13.5. The molecule has 4 aromatic rings. The van der Waals surface area contributed by atoms with Crippen LogP contribution in [0, 0.1) is 0 Å². The fourth-order valence-corrected chi connectivity index (χ4v) is 8.52. The predicted molar refractivity (Wildman–Crippen MR) is 204 cm³/mol. The van der Waals surface area contributed by atoms with Crippen molar-refractivity contribution < 1.29 is 52.9 Å². The van der Waals surface area contributed by atoms with Crippen molar-refractivity contribution in [3.05, 3.63) is 25.3 Å². The first-order chi connectivity index (χ1) is 27.1. The number of fused-ring (bicyclic) bond motifs is 2. The van der Waals surface area contributed by atoms with Gasteiger partial charge in [-0.1, -0.05) is 13.8 Å². The van der Waals surface area contributed by atoms with Gasteiger partial charge in [0.2, 0.25) is 0 Å². The summed E-state index contributed by atoms with van der Waals surface area (Å²) >= 11 is 1.67. The highest BCUT2D eigenvalue weighted by Crippen LogP contribution is 2.35. The van der Waals surface area contributed by atoms with Crippen LogP contribution in [0.15, 0.2) is 25.3 Å². The molecule has 56 heavy (non-hydrogen) atoms. The molecule has 0 saturated carbocycles. The topological polar surface area (TPSA) is 283 Å². The van der Waals surface area contributed by atoms with E-state index in [1.165, 1.54) is 30.5 Å². The molecule has 4 fully saturated rings. The van der Waals surface area contributed by atoms with E-state index in [-0.39, 0.29) is 23.6 Å². The quantitative estimate of drug-likeness (QED) is 0.0910. The lowest BCUT2D eigenvalue weighted by atomic mass is 10.1. The van der Waals surface area contributed by atoms with Gasteiger partial charge in [-0.15, -0.1) is 0 Å². The standard InChI is InChI=1S/C16H23N5O6S.C16H23N5O4S.CH4O/c1-2-28(24,25)6-10-12(22)13(23)16(27-10)21-8-19-11-14(17-7-18-15(11)21)20-9-3-4-26-5-9;1-2-26-6-10-12(22)13(23)16(25-10)21-8-19-11-14(17-7-18-15(11)21)20-9-3-4-24-5-9;1-2/h7-10,12-13,16,22-23H,2-6H2,1H3,(H,17,18,20);7-10,12-13,16,22-23H,2-6H2,1H3,(H,17,18,20);2H,1H3/t2*9-,10-,12-,13-,16?;/m11./s1. The molecule has 0 spiro atoms. The normalized spacial score (nSPS) is 30.3. The van der Waals surface area contributed by atoms with Crippen molar-refractivity contribution >= 4 is 55.6 Å². The lowest BCUT2D eigenvalue weighted by Gasteiger charge is -2.17. The van der Waals surface area contributed by atoms with Gasteiger partial charge in [0, 0.05) is 31.8 Å². The minimum absolute atomic E-state index is 0.0680. The maximum atomic E-state index is 11.9. The highest BCUT2D eigenvalue weighted by molar-refractivity contribution is 7.99. The second kappa shape index (κ2) is 18.9. The Hall–Kier alpha value is -3.36. The van der Waals surface area contributed by atoms with E-state index in [9.17, 15) is 28.8 Å². The van der Waals surface area contributed by atoms with Crippen LogP contribution < -0.4 is 10.6 Å². The van der Waals surface area contributed by atoms with Crippen LogP contribution in [0.3, 0.4) is 0 Å². The van der Waals surface area contributed by atoms with E-state index >= 15 is 0 Å². The molecule has 8 heterocycles. The van der Waals surface area contributed by atoms with E-state index in [0.717, 1.165) is 32.3 Å². The molecule has 4 aliphatic heterocycles. The number of aromatic nitrogens is 8. The Balaban J connectivity index is 0.000000182. The van der Waals surface area contributed by atoms with Crippen molar-refractivity contribution in [2.24, 2.45) is 0 Å². The Labute approximate surface area is 327 Å². The number of aliphatic hydroxyl groups excluding tert-OH is 5. The minimum Gasteiger partial charge on any atom is -0.400 e. The summed E-state index contributed by atoms with van der Waals surface area (Å²) < 4.78 is 49.3. The van der Waals surface area contributed by atoms with Crippen molar-refractivity contribution in [2.75, 3.05) is 67.2 Å². The van der Waals surface area contributed by atoms with E-state index in [4.69, 9.17) is 24.1 Å². The Morgan fingerprint density at radius 2 is 1.21 bits per heavy atom. The molecule has 0 radical (unpaired) electrons. The lowest BCUT2D eigenvalue weighted by Crippen LogP contribution is -2.35. The molecule has 0 amide bonds. The van der Waals surface area contributed by atoms with Gasteiger partial charge in [0.25, 0.3) is 0 Å². The van der Waals surface area contributed by atoms with Gasteiger partial charge in [-0.2, -0.15) is 11.8 Å². The number of rotatable bonds is 12. The molecular formula is C33H50N10O11S2. The highest BCUT2D eigenvalue weighted by atomic mass is 32.2. The van der Waals surface area contributed by atoms with Crippen LogP contribution in [0.2, 0.25) is 0 Å². The molecule has 10 atom stereocenters. The number of sulfone groups is 1. The third-order valence-corrected chi connectivity index (χ3v) is 12.5. The van der Waals surface area contributed by atoms with Gasteiger partial charge in [-0.3, -0.25) is 9.13 Å². The Kier molecular flexibility index (Phi) is 14.3.